The quantitative estimate of drug-likeness (QED) is 0.832. The second-order valence-corrected chi connectivity index (χ2v) is 5.26. The topological polar surface area (TPSA) is 66.0 Å². The molecule has 88 valence electrons. The van der Waals surface area contributed by atoms with E-state index in [9.17, 15) is 9.90 Å². The highest BCUT2D eigenvalue weighted by molar-refractivity contribution is 5.85. The minimum Gasteiger partial charge on any atom is -0.481 e. The van der Waals surface area contributed by atoms with Gasteiger partial charge in [0.05, 0.1) is 5.92 Å². The van der Waals surface area contributed by atoms with Gasteiger partial charge in [0, 0.05) is 23.7 Å². The van der Waals surface area contributed by atoms with Gasteiger partial charge in [0.2, 0.25) is 0 Å². The number of fused-ring (bicyclic) bond motifs is 1. The fourth-order valence-corrected chi connectivity index (χ4v) is 2.91. The van der Waals surface area contributed by atoms with E-state index in [0.717, 1.165) is 16.6 Å². The van der Waals surface area contributed by atoms with Crippen LogP contribution in [0.1, 0.15) is 25.3 Å². The van der Waals surface area contributed by atoms with Crippen LogP contribution < -0.4 is 0 Å². The Hall–Kier alpha value is -1.84. The van der Waals surface area contributed by atoms with E-state index in [4.69, 9.17) is 0 Å². The molecule has 2 aromatic heterocycles. The molecule has 2 N–H and O–H groups in total. The number of nitrogens with zero attached hydrogens (tertiary/aromatic N) is 1. The smallest absolute Gasteiger partial charge is 0.307 e. The molecular weight excluding hydrogens is 216 g/mol. The summed E-state index contributed by atoms with van der Waals surface area (Å²) in [6.07, 6.45) is 3.63. The van der Waals surface area contributed by atoms with E-state index in [2.05, 4.69) is 9.97 Å². The maximum atomic E-state index is 11.2. The molecule has 0 amide bonds. The summed E-state index contributed by atoms with van der Waals surface area (Å²) < 4.78 is 0. The van der Waals surface area contributed by atoms with Crippen molar-refractivity contribution in [3.63, 3.8) is 0 Å². The number of hydrogen-bond acceptors (Lipinski definition) is 2. The van der Waals surface area contributed by atoms with Gasteiger partial charge in [-0.2, -0.15) is 0 Å². The van der Waals surface area contributed by atoms with Crippen molar-refractivity contribution in [3.8, 4) is 0 Å². The Labute approximate surface area is 98.7 Å². The van der Waals surface area contributed by atoms with Gasteiger partial charge in [-0.15, -0.1) is 0 Å². The minimum atomic E-state index is -0.710. The molecule has 0 unspecified atom stereocenters. The number of pyridine rings is 1. The van der Waals surface area contributed by atoms with E-state index in [-0.39, 0.29) is 17.3 Å². The molecule has 1 fully saturated rings. The Kier molecular flexibility index (Phi) is 1.88. The Balaban J connectivity index is 2.09. The summed E-state index contributed by atoms with van der Waals surface area (Å²) >= 11 is 0. The molecule has 0 saturated heterocycles. The number of carbonyl (C=O) groups is 1. The van der Waals surface area contributed by atoms with E-state index in [0.29, 0.717) is 0 Å². The fourth-order valence-electron chi connectivity index (χ4n) is 2.91. The fraction of sp³-hybridized carbons (Fsp3) is 0.385. The maximum absolute atomic E-state index is 11.2. The first kappa shape index (κ1) is 10.3. The molecule has 2 atom stereocenters. The molecule has 0 bridgehead atoms. The average molecular weight is 230 g/mol. The lowest BCUT2D eigenvalue weighted by Crippen LogP contribution is -2.03. The summed E-state index contributed by atoms with van der Waals surface area (Å²) in [6, 6.07) is 3.87. The molecule has 0 aliphatic heterocycles. The van der Waals surface area contributed by atoms with Crippen LogP contribution in [0.4, 0.5) is 0 Å². The summed E-state index contributed by atoms with van der Waals surface area (Å²) in [5.41, 5.74) is 1.73. The van der Waals surface area contributed by atoms with Gasteiger partial charge in [0.15, 0.2) is 0 Å². The van der Waals surface area contributed by atoms with Crippen molar-refractivity contribution in [2.75, 3.05) is 0 Å². The molecule has 1 saturated carbocycles. The van der Waals surface area contributed by atoms with Crippen molar-refractivity contribution in [2.45, 2.75) is 19.8 Å². The minimum absolute atomic E-state index is 0.0814. The summed E-state index contributed by atoms with van der Waals surface area (Å²) in [6.45, 7) is 4.01. The average Bonchev–Trinajstić information content (AvgIpc) is 2.68. The lowest BCUT2D eigenvalue weighted by molar-refractivity contribution is -0.139. The third-order valence-electron chi connectivity index (χ3n) is 3.91. The van der Waals surface area contributed by atoms with Gasteiger partial charge in [0.25, 0.3) is 0 Å². The zero-order valence-corrected chi connectivity index (χ0v) is 9.77. The SMILES string of the molecule is CC1(C)[C@H](C(=O)O)[C@H]1c1c[nH]c2ncccc12. The summed E-state index contributed by atoms with van der Waals surface area (Å²) in [4.78, 5) is 18.5. The van der Waals surface area contributed by atoms with E-state index in [1.165, 1.54) is 0 Å². The molecule has 1 aliphatic carbocycles. The monoisotopic (exact) mass is 230 g/mol. The van der Waals surface area contributed by atoms with Crippen molar-refractivity contribution in [1.82, 2.24) is 9.97 Å². The number of aromatic nitrogens is 2. The predicted molar refractivity (Wildman–Crippen MR) is 63.7 cm³/mol. The van der Waals surface area contributed by atoms with E-state index in [1.54, 1.807) is 6.20 Å². The molecule has 2 heterocycles. The highest BCUT2D eigenvalue weighted by Gasteiger charge is 2.63. The van der Waals surface area contributed by atoms with Crippen LogP contribution in [0, 0.1) is 11.3 Å². The lowest BCUT2D eigenvalue weighted by atomic mass is 10.0. The Morgan fingerprint density at radius 2 is 2.29 bits per heavy atom. The van der Waals surface area contributed by atoms with Crippen LogP contribution in [0.5, 0.6) is 0 Å². The standard InChI is InChI=1S/C13H14N2O2/c1-13(2)9(10(13)12(16)17)8-6-15-11-7(8)4-3-5-14-11/h3-6,9-10H,1-2H3,(H,14,15)(H,16,17)/t9-,10+/m1/s1. The molecule has 0 radical (unpaired) electrons. The first-order valence-corrected chi connectivity index (χ1v) is 5.68. The predicted octanol–water partition coefficient (Wildman–Crippen LogP) is 2.39. The zero-order valence-electron chi connectivity index (χ0n) is 9.77. The van der Waals surface area contributed by atoms with E-state index in [1.807, 2.05) is 32.2 Å². The van der Waals surface area contributed by atoms with Crippen molar-refractivity contribution in [3.05, 3.63) is 30.1 Å². The number of nitrogens with one attached hydrogen (secondary N) is 1. The molecule has 1 aliphatic rings. The van der Waals surface area contributed by atoms with Crippen LogP contribution in [0.15, 0.2) is 24.5 Å². The van der Waals surface area contributed by atoms with Gasteiger partial charge in [-0.3, -0.25) is 4.79 Å². The van der Waals surface area contributed by atoms with E-state index >= 15 is 0 Å². The number of carboxylic acid groups (broad SMARTS) is 1. The second-order valence-electron chi connectivity index (χ2n) is 5.26. The van der Waals surface area contributed by atoms with Gasteiger partial charge in [-0.1, -0.05) is 13.8 Å². The van der Waals surface area contributed by atoms with Crippen LogP contribution in [0.3, 0.4) is 0 Å². The highest BCUT2D eigenvalue weighted by atomic mass is 16.4. The lowest BCUT2D eigenvalue weighted by Gasteiger charge is -2.00. The number of H-pyrrole nitrogens is 1. The van der Waals surface area contributed by atoms with Gasteiger partial charge in [0.1, 0.15) is 5.65 Å². The third-order valence-corrected chi connectivity index (χ3v) is 3.91. The van der Waals surface area contributed by atoms with Crippen molar-refractivity contribution in [1.29, 1.82) is 0 Å². The van der Waals surface area contributed by atoms with E-state index < -0.39 is 5.97 Å². The molecule has 2 aromatic rings. The largest absolute Gasteiger partial charge is 0.481 e. The summed E-state index contributed by atoms with van der Waals surface area (Å²) in [5.74, 6) is -0.919. The van der Waals surface area contributed by atoms with Crippen LogP contribution in [0.2, 0.25) is 0 Å². The Morgan fingerprint density at radius 3 is 2.94 bits per heavy atom. The normalized spacial score (nSPS) is 26.0. The Bertz CT molecular complexity index is 600. The molecule has 0 spiro atoms. The maximum Gasteiger partial charge on any atom is 0.307 e. The number of hydrogen-bond donors (Lipinski definition) is 2. The number of carboxylic acids is 1. The summed E-state index contributed by atoms with van der Waals surface area (Å²) in [5, 5.41) is 10.2. The first-order valence-electron chi connectivity index (χ1n) is 5.68. The number of aliphatic carboxylic acids is 1. The van der Waals surface area contributed by atoms with Gasteiger partial charge in [-0.25, -0.2) is 4.98 Å². The number of rotatable bonds is 2. The third kappa shape index (κ3) is 1.30. The summed E-state index contributed by atoms with van der Waals surface area (Å²) in [7, 11) is 0. The molecule has 17 heavy (non-hydrogen) atoms. The zero-order chi connectivity index (χ0) is 12.2. The molecule has 4 nitrogen and oxygen atoms in total. The molecule has 4 heteroatoms. The second kappa shape index (κ2) is 3.09. The number of aromatic amines is 1. The Morgan fingerprint density at radius 1 is 1.53 bits per heavy atom. The van der Waals surface area contributed by atoms with Gasteiger partial charge in [-0.05, 0) is 23.1 Å². The molecule has 0 aromatic carbocycles. The van der Waals surface area contributed by atoms with Crippen LogP contribution >= 0.6 is 0 Å². The van der Waals surface area contributed by atoms with Crippen LogP contribution in [-0.4, -0.2) is 21.0 Å². The first-order chi connectivity index (χ1) is 8.03. The van der Waals surface area contributed by atoms with Crippen molar-refractivity contribution in [2.24, 2.45) is 11.3 Å². The van der Waals surface area contributed by atoms with Crippen LogP contribution in [-0.2, 0) is 4.79 Å². The van der Waals surface area contributed by atoms with Gasteiger partial charge >= 0.3 is 5.97 Å². The van der Waals surface area contributed by atoms with Crippen molar-refractivity contribution >= 4 is 17.0 Å². The molecular formula is C13H14N2O2. The van der Waals surface area contributed by atoms with Crippen LogP contribution in [0.25, 0.3) is 11.0 Å². The van der Waals surface area contributed by atoms with Gasteiger partial charge < -0.3 is 10.1 Å². The highest BCUT2D eigenvalue weighted by Crippen LogP contribution is 2.65. The van der Waals surface area contributed by atoms with Crippen molar-refractivity contribution < 1.29 is 9.90 Å². The molecule has 3 rings (SSSR count).